The number of ether oxygens (including phenoxy) is 2. The normalized spacial score (nSPS) is 9.67. The Balaban J connectivity index is 2.91. The van der Waals surface area contributed by atoms with Gasteiger partial charge in [-0.2, -0.15) is 0 Å². The zero-order chi connectivity index (χ0) is 13.5. The first kappa shape index (κ1) is 13.9. The maximum atomic E-state index is 11.6. The number of carbonyl (C=O) groups is 3. The van der Waals surface area contributed by atoms with E-state index in [-0.39, 0.29) is 24.3 Å². The minimum atomic E-state index is -0.932. The molecule has 0 aliphatic carbocycles. The van der Waals surface area contributed by atoms with Gasteiger partial charge in [-0.3, -0.25) is 4.79 Å². The molecule has 0 radical (unpaired) electrons. The third-order valence-electron chi connectivity index (χ3n) is 2.10. The van der Waals surface area contributed by atoms with Gasteiger partial charge in [-0.15, -0.1) is 0 Å². The summed E-state index contributed by atoms with van der Waals surface area (Å²) < 4.78 is 9.41. The second kappa shape index (κ2) is 6.54. The van der Waals surface area contributed by atoms with Crippen molar-refractivity contribution in [2.24, 2.45) is 0 Å². The summed E-state index contributed by atoms with van der Waals surface area (Å²) in [5, 5.41) is 0. The predicted octanol–water partition coefficient (Wildman–Crippen LogP) is 1.61. The van der Waals surface area contributed by atoms with Crippen LogP contribution < -0.4 is 0 Å². The lowest BCUT2D eigenvalue weighted by Gasteiger charge is -2.04. The Bertz CT molecular complexity index is 464. The first-order valence-electron chi connectivity index (χ1n) is 5.58. The van der Waals surface area contributed by atoms with E-state index >= 15 is 0 Å². The molecular weight excluding hydrogens is 236 g/mol. The second-order valence-corrected chi connectivity index (χ2v) is 3.35. The van der Waals surface area contributed by atoms with Crippen molar-refractivity contribution in [3.63, 3.8) is 0 Å². The summed E-state index contributed by atoms with van der Waals surface area (Å²) in [4.78, 5) is 34.4. The Morgan fingerprint density at radius 1 is 1.00 bits per heavy atom. The zero-order valence-electron chi connectivity index (χ0n) is 10.3. The third kappa shape index (κ3) is 3.41. The van der Waals surface area contributed by atoms with Crippen LogP contribution in [0.1, 0.15) is 34.6 Å². The van der Waals surface area contributed by atoms with Gasteiger partial charge >= 0.3 is 11.9 Å². The van der Waals surface area contributed by atoms with E-state index in [2.05, 4.69) is 4.74 Å². The molecule has 18 heavy (non-hydrogen) atoms. The standard InChI is InChI=1S/C13H14O5/c1-3-17-12(15)10-7-5-6-9(8-10)11(14)13(16)18-4-2/h5-8H,3-4H2,1-2H3. The lowest BCUT2D eigenvalue weighted by atomic mass is 10.1. The Morgan fingerprint density at radius 3 is 2.22 bits per heavy atom. The molecular formula is C13H14O5. The highest BCUT2D eigenvalue weighted by atomic mass is 16.5. The van der Waals surface area contributed by atoms with Crippen molar-refractivity contribution in [3.8, 4) is 0 Å². The third-order valence-corrected chi connectivity index (χ3v) is 2.10. The topological polar surface area (TPSA) is 69.7 Å². The van der Waals surface area contributed by atoms with E-state index in [0.717, 1.165) is 0 Å². The van der Waals surface area contributed by atoms with Crippen LogP contribution in [0.2, 0.25) is 0 Å². The molecule has 0 fully saturated rings. The fourth-order valence-electron chi connectivity index (χ4n) is 1.32. The van der Waals surface area contributed by atoms with Gasteiger partial charge in [0.2, 0.25) is 0 Å². The van der Waals surface area contributed by atoms with Crippen molar-refractivity contribution in [1.29, 1.82) is 0 Å². The molecule has 5 heteroatoms. The van der Waals surface area contributed by atoms with E-state index in [0.29, 0.717) is 0 Å². The molecule has 0 heterocycles. The number of benzene rings is 1. The highest BCUT2D eigenvalue weighted by Gasteiger charge is 2.18. The van der Waals surface area contributed by atoms with Gasteiger partial charge in [0.15, 0.2) is 0 Å². The summed E-state index contributed by atoms with van der Waals surface area (Å²) in [7, 11) is 0. The predicted molar refractivity (Wildman–Crippen MR) is 63.4 cm³/mol. The van der Waals surface area contributed by atoms with Gasteiger partial charge in [-0.05, 0) is 26.0 Å². The van der Waals surface area contributed by atoms with Gasteiger partial charge in [-0.1, -0.05) is 12.1 Å². The molecule has 5 nitrogen and oxygen atoms in total. The van der Waals surface area contributed by atoms with Crippen LogP contribution in [0.15, 0.2) is 24.3 Å². The van der Waals surface area contributed by atoms with E-state index in [1.165, 1.54) is 24.3 Å². The van der Waals surface area contributed by atoms with Crippen LogP contribution in [0.5, 0.6) is 0 Å². The fraction of sp³-hybridized carbons (Fsp3) is 0.308. The molecule has 0 saturated heterocycles. The highest BCUT2D eigenvalue weighted by Crippen LogP contribution is 2.08. The van der Waals surface area contributed by atoms with Crippen molar-refractivity contribution in [3.05, 3.63) is 35.4 Å². The summed E-state index contributed by atoms with van der Waals surface area (Å²) in [5.74, 6) is -2.24. The molecule has 1 aromatic rings. The van der Waals surface area contributed by atoms with E-state index in [4.69, 9.17) is 4.74 Å². The molecule has 0 amide bonds. The quantitative estimate of drug-likeness (QED) is 0.451. The van der Waals surface area contributed by atoms with Gasteiger partial charge in [0.1, 0.15) is 0 Å². The number of hydrogen-bond donors (Lipinski definition) is 0. The maximum absolute atomic E-state index is 11.6. The summed E-state index contributed by atoms with van der Waals surface area (Å²) in [6, 6.07) is 5.79. The summed E-state index contributed by atoms with van der Waals surface area (Å²) in [5.41, 5.74) is 0.339. The van der Waals surface area contributed by atoms with Crippen molar-refractivity contribution in [2.45, 2.75) is 13.8 Å². The van der Waals surface area contributed by atoms with Crippen LogP contribution in [-0.4, -0.2) is 30.9 Å². The van der Waals surface area contributed by atoms with Gasteiger partial charge < -0.3 is 9.47 Å². The minimum Gasteiger partial charge on any atom is -0.462 e. The molecule has 0 bridgehead atoms. The van der Waals surface area contributed by atoms with E-state index < -0.39 is 17.7 Å². The van der Waals surface area contributed by atoms with Gasteiger partial charge in [-0.25, -0.2) is 9.59 Å². The largest absolute Gasteiger partial charge is 0.462 e. The van der Waals surface area contributed by atoms with Crippen LogP contribution in [0.3, 0.4) is 0 Å². The second-order valence-electron chi connectivity index (χ2n) is 3.35. The van der Waals surface area contributed by atoms with Crippen molar-refractivity contribution in [2.75, 3.05) is 13.2 Å². The molecule has 0 unspecified atom stereocenters. The number of esters is 2. The minimum absolute atomic E-state index is 0.110. The van der Waals surface area contributed by atoms with Crippen LogP contribution in [0.25, 0.3) is 0 Å². The molecule has 96 valence electrons. The lowest BCUT2D eigenvalue weighted by molar-refractivity contribution is -0.137. The number of carbonyl (C=O) groups excluding carboxylic acids is 3. The molecule has 0 saturated carbocycles. The summed E-state index contributed by atoms with van der Waals surface area (Å²) >= 11 is 0. The Kier molecular flexibility index (Phi) is 5.05. The average molecular weight is 250 g/mol. The number of hydrogen-bond acceptors (Lipinski definition) is 5. The maximum Gasteiger partial charge on any atom is 0.379 e. The zero-order valence-corrected chi connectivity index (χ0v) is 10.3. The fourth-order valence-corrected chi connectivity index (χ4v) is 1.32. The molecule has 1 aromatic carbocycles. The Hall–Kier alpha value is -2.17. The first-order valence-corrected chi connectivity index (χ1v) is 5.58. The smallest absolute Gasteiger partial charge is 0.379 e. The van der Waals surface area contributed by atoms with E-state index in [1.54, 1.807) is 13.8 Å². The van der Waals surface area contributed by atoms with Crippen LogP contribution in [0.4, 0.5) is 0 Å². The van der Waals surface area contributed by atoms with Crippen molar-refractivity contribution in [1.82, 2.24) is 0 Å². The molecule has 1 rings (SSSR count). The summed E-state index contributed by atoms with van der Waals surface area (Å²) in [6.07, 6.45) is 0. The van der Waals surface area contributed by atoms with Crippen LogP contribution in [0, 0.1) is 0 Å². The molecule has 0 N–H and O–H groups in total. The number of ketones is 1. The SMILES string of the molecule is CCOC(=O)C(=O)c1cccc(C(=O)OCC)c1. The van der Waals surface area contributed by atoms with E-state index in [1.807, 2.05) is 0 Å². The van der Waals surface area contributed by atoms with Gasteiger partial charge in [0.05, 0.1) is 18.8 Å². The van der Waals surface area contributed by atoms with Crippen molar-refractivity contribution < 1.29 is 23.9 Å². The highest BCUT2D eigenvalue weighted by molar-refractivity contribution is 6.40. The monoisotopic (exact) mass is 250 g/mol. The number of rotatable bonds is 5. The van der Waals surface area contributed by atoms with Crippen molar-refractivity contribution >= 4 is 17.7 Å². The Morgan fingerprint density at radius 2 is 1.61 bits per heavy atom. The first-order chi connectivity index (χ1) is 8.60. The van der Waals surface area contributed by atoms with Gasteiger partial charge in [0.25, 0.3) is 5.78 Å². The van der Waals surface area contributed by atoms with Crippen LogP contribution in [-0.2, 0) is 14.3 Å². The lowest BCUT2D eigenvalue weighted by Crippen LogP contribution is -2.18. The number of Topliss-reactive ketones (excluding diaryl/α,β-unsaturated/α-hetero) is 1. The Labute approximate surface area is 105 Å². The molecule has 0 atom stereocenters. The van der Waals surface area contributed by atoms with Gasteiger partial charge in [0, 0.05) is 5.56 Å². The van der Waals surface area contributed by atoms with Crippen LogP contribution >= 0.6 is 0 Å². The molecule has 0 aliphatic rings. The average Bonchev–Trinajstić information content (AvgIpc) is 2.38. The van der Waals surface area contributed by atoms with E-state index in [9.17, 15) is 14.4 Å². The molecule has 0 aliphatic heterocycles. The molecule has 0 aromatic heterocycles. The molecule has 0 spiro atoms. The summed E-state index contributed by atoms with van der Waals surface area (Å²) in [6.45, 7) is 3.67.